The van der Waals surface area contributed by atoms with Gasteiger partial charge in [-0.2, -0.15) is 0 Å². The van der Waals surface area contributed by atoms with Crippen molar-refractivity contribution < 1.29 is 19.1 Å². The molecule has 0 N–H and O–H groups in total. The van der Waals surface area contributed by atoms with Crippen LogP contribution in [0, 0.1) is 0 Å². The molecule has 0 spiro atoms. The van der Waals surface area contributed by atoms with Crippen LogP contribution < -0.4 is 0 Å². The molecule has 4 heteroatoms. The van der Waals surface area contributed by atoms with Crippen molar-refractivity contribution in [1.82, 2.24) is 0 Å². The molecule has 0 amide bonds. The van der Waals surface area contributed by atoms with E-state index in [1.165, 1.54) is 0 Å². The third-order valence-corrected chi connectivity index (χ3v) is 3.23. The number of carbonyl (C=O) groups is 3. The summed E-state index contributed by atoms with van der Waals surface area (Å²) in [5.74, 6) is -2.21. The Hall–Kier alpha value is -2.75. The largest absolute Gasteiger partial charge is 0.463 e. The summed E-state index contributed by atoms with van der Waals surface area (Å²) in [7, 11) is 1.12. The lowest BCUT2D eigenvalue weighted by atomic mass is 9.99. The number of hydrogen-bond acceptors (Lipinski definition) is 4. The first-order chi connectivity index (χ1) is 10.6. The van der Waals surface area contributed by atoms with Gasteiger partial charge in [-0.1, -0.05) is 48.5 Å². The monoisotopic (exact) mass is 296 g/mol. The van der Waals surface area contributed by atoms with Crippen molar-refractivity contribution in [1.29, 1.82) is 0 Å². The number of carbonyl (C=O) groups excluding carboxylic acids is 3. The van der Waals surface area contributed by atoms with Crippen molar-refractivity contribution in [2.45, 2.75) is 12.8 Å². The zero-order valence-electron chi connectivity index (χ0n) is 12.2. The summed E-state index contributed by atoms with van der Waals surface area (Å²) in [6, 6.07) is 17.0. The van der Waals surface area contributed by atoms with Gasteiger partial charge >= 0.3 is 5.97 Å². The predicted molar refractivity (Wildman–Crippen MR) is 81.7 cm³/mol. The van der Waals surface area contributed by atoms with Crippen LogP contribution in [0.1, 0.15) is 27.9 Å². The van der Waals surface area contributed by atoms with Gasteiger partial charge in [0, 0.05) is 5.56 Å². The van der Waals surface area contributed by atoms with E-state index in [1.807, 2.05) is 36.4 Å². The predicted octanol–water partition coefficient (Wildman–Crippen LogP) is 2.59. The summed E-state index contributed by atoms with van der Waals surface area (Å²) in [6.07, 6.45) is 0.231. The van der Waals surface area contributed by atoms with E-state index in [0.29, 0.717) is 12.0 Å². The highest BCUT2D eigenvalue weighted by molar-refractivity contribution is 6.38. The average Bonchev–Trinajstić information content (AvgIpc) is 2.55. The molecule has 0 unspecified atom stereocenters. The number of benzene rings is 2. The molecule has 0 radical (unpaired) electrons. The van der Waals surface area contributed by atoms with Crippen LogP contribution in [0.15, 0.2) is 54.6 Å². The molecule has 0 aliphatic rings. The Morgan fingerprint density at radius 3 is 2.27 bits per heavy atom. The molecule has 2 aromatic carbocycles. The summed E-state index contributed by atoms with van der Waals surface area (Å²) < 4.78 is 4.31. The number of rotatable bonds is 6. The standard InChI is InChI=1S/C18H16O4/c1-22-18(21)17(20)12-16(19)15-9-5-8-14(11-15)10-13-6-3-2-4-7-13/h2-9,11H,10,12H2,1H3. The lowest BCUT2D eigenvalue weighted by molar-refractivity contribution is -0.151. The van der Waals surface area contributed by atoms with Crippen molar-refractivity contribution in [2.24, 2.45) is 0 Å². The van der Waals surface area contributed by atoms with Gasteiger partial charge in [0.05, 0.1) is 13.5 Å². The molecule has 0 aromatic heterocycles. The molecule has 0 bridgehead atoms. The van der Waals surface area contributed by atoms with Crippen molar-refractivity contribution in [3.63, 3.8) is 0 Å². The number of hydrogen-bond donors (Lipinski definition) is 0. The summed E-state index contributed by atoms with van der Waals surface area (Å²) in [4.78, 5) is 34.6. The minimum Gasteiger partial charge on any atom is -0.463 e. The molecular formula is C18H16O4. The van der Waals surface area contributed by atoms with E-state index in [1.54, 1.807) is 18.2 Å². The fraction of sp³-hybridized carbons (Fsp3) is 0.167. The molecule has 0 aliphatic carbocycles. The second-order valence-corrected chi connectivity index (χ2v) is 4.88. The van der Waals surface area contributed by atoms with Gasteiger partial charge in [0.15, 0.2) is 5.78 Å². The van der Waals surface area contributed by atoms with E-state index in [2.05, 4.69) is 4.74 Å². The van der Waals surface area contributed by atoms with Crippen LogP contribution in [-0.4, -0.2) is 24.6 Å². The van der Waals surface area contributed by atoms with E-state index >= 15 is 0 Å². The molecule has 2 rings (SSSR count). The maximum Gasteiger partial charge on any atom is 0.374 e. The Bertz CT molecular complexity index is 689. The van der Waals surface area contributed by atoms with Crippen LogP contribution in [-0.2, 0) is 20.7 Å². The Labute approximate surface area is 128 Å². The van der Waals surface area contributed by atoms with Crippen molar-refractivity contribution in [3.05, 3.63) is 71.3 Å². The van der Waals surface area contributed by atoms with Gasteiger partial charge in [0.25, 0.3) is 0 Å². The van der Waals surface area contributed by atoms with Crippen LogP contribution in [0.5, 0.6) is 0 Å². The lowest BCUT2D eigenvalue weighted by Gasteiger charge is -2.05. The fourth-order valence-corrected chi connectivity index (χ4v) is 2.12. The normalized spacial score (nSPS) is 10.0. The topological polar surface area (TPSA) is 60.4 Å². The van der Waals surface area contributed by atoms with Gasteiger partial charge in [-0.25, -0.2) is 4.79 Å². The third kappa shape index (κ3) is 4.12. The van der Waals surface area contributed by atoms with Crippen LogP contribution in [0.2, 0.25) is 0 Å². The Morgan fingerprint density at radius 1 is 0.909 bits per heavy atom. The molecule has 0 fully saturated rings. The van der Waals surface area contributed by atoms with Gasteiger partial charge in [0.2, 0.25) is 5.78 Å². The summed E-state index contributed by atoms with van der Waals surface area (Å²) in [5.41, 5.74) is 2.53. The Kier molecular flexibility index (Phi) is 5.20. The highest BCUT2D eigenvalue weighted by atomic mass is 16.5. The van der Waals surface area contributed by atoms with Crippen LogP contribution in [0.25, 0.3) is 0 Å². The second kappa shape index (κ2) is 7.31. The SMILES string of the molecule is COC(=O)C(=O)CC(=O)c1cccc(Cc2ccccc2)c1. The number of Topliss-reactive ketones (excluding diaryl/α,β-unsaturated/α-hetero) is 2. The minimum atomic E-state index is -0.992. The van der Waals surface area contributed by atoms with Crippen LogP contribution in [0.4, 0.5) is 0 Å². The molecule has 0 saturated heterocycles. The lowest BCUT2D eigenvalue weighted by Crippen LogP contribution is -2.19. The smallest absolute Gasteiger partial charge is 0.374 e. The molecule has 22 heavy (non-hydrogen) atoms. The van der Waals surface area contributed by atoms with E-state index in [0.717, 1.165) is 18.2 Å². The van der Waals surface area contributed by atoms with Gasteiger partial charge in [0.1, 0.15) is 0 Å². The van der Waals surface area contributed by atoms with E-state index in [4.69, 9.17) is 0 Å². The number of esters is 1. The fourth-order valence-electron chi connectivity index (χ4n) is 2.12. The molecule has 4 nitrogen and oxygen atoms in total. The number of ether oxygens (including phenoxy) is 1. The molecule has 0 saturated carbocycles. The Balaban J connectivity index is 2.09. The van der Waals surface area contributed by atoms with Gasteiger partial charge in [-0.15, -0.1) is 0 Å². The zero-order valence-corrected chi connectivity index (χ0v) is 12.2. The first-order valence-electron chi connectivity index (χ1n) is 6.87. The van der Waals surface area contributed by atoms with Crippen molar-refractivity contribution in [3.8, 4) is 0 Å². The zero-order chi connectivity index (χ0) is 15.9. The summed E-state index contributed by atoms with van der Waals surface area (Å²) in [5, 5.41) is 0. The van der Waals surface area contributed by atoms with Crippen molar-refractivity contribution in [2.75, 3.05) is 7.11 Å². The maximum absolute atomic E-state index is 12.1. The molecule has 0 aliphatic heterocycles. The quantitative estimate of drug-likeness (QED) is 0.356. The van der Waals surface area contributed by atoms with Crippen LogP contribution in [0.3, 0.4) is 0 Å². The minimum absolute atomic E-state index is 0.384. The molecular weight excluding hydrogens is 280 g/mol. The van der Waals surface area contributed by atoms with Gasteiger partial charge in [-0.05, 0) is 23.6 Å². The molecule has 0 heterocycles. The first kappa shape index (κ1) is 15.6. The highest BCUT2D eigenvalue weighted by Gasteiger charge is 2.19. The molecule has 0 atom stereocenters. The van der Waals surface area contributed by atoms with E-state index in [-0.39, 0.29) is 5.78 Å². The van der Waals surface area contributed by atoms with Crippen LogP contribution >= 0.6 is 0 Å². The third-order valence-electron chi connectivity index (χ3n) is 3.23. The summed E-state index contributed by atoms with van der Waals surface area (Å²) >= 11 is 0. The van der Waals surface area contributed by atoms with E-state index in [9.17, 15) is 14.4 Å². The number of methoxy groups -OCH3 is 1. The van der Waals surface area contributed by atoms with Gasteiger partial charge in [-0.3, -0.25) is 9.59 Å². The highest BCUT2D eigenvalue weighted by Crippen LogP contribution is 2.13. The number of ketones is 2. The molecule has 112 valence electrons. The Morgan fingerprint density at radius 2 is 1.59 bits per heavy atom. The second-order valence-electron chi connectivity index (χ2n) is 4.88. The maximum atomic E-state index is 12.1. The first-order valence-corrected chi connectivity index (χ1v) is 6.87. The molecule has 2 aromatic rings. The van der Waals surface area contributed by atoms with Crippen molar-refractivity contribution >= 4 is 17.5 Å². The summed E-state index contributed by atoms with van der Waals surface area (Å²) in [6.45, 7) is 0. The average molecular weight is 296 g/mol. The van der Waals surface area contributed by atoms with E-state index < -0.39 is 18.2 Å². The van der Waals surface area contributed by atoms with Gasteiger partial charge < -0.3 is 4.74 Å².